The average molecular weight is 282 g/mol. The highest BCUT2D eigenvalue weighted by molar-refractivity contribution is 5.36. The van der Waals surface area contributed by atoms with Gasteiger partial charge in [0.25, 0.3) is 0 Å². The van der Waals surface area contributed by atoms with Crippen LogP contribution in [0.5, 0.6) is 0 Å². The van der Waals surface area contributed by atoms with Gasteiger partial charge in [-0.15, -0.1) is 0 Å². The van der Waals surface area contributed by atoms with Gasteiger partial charge in [-0.05, 0) is 31.2 Å². The summed E-state index contributed by atoms with van der Waals surface area (Å²) in [6.45, 7) is 2.06. The van der Waals surface area contributed by atoms with Crippen molar-refractivity contribution in [2.45, 2.75) is 44.6 Å². The zero-order valence-electron chi connectivity index (χ0n) is 12.5. The van der Waals surface area contributed by atoms with Crippen LogP contribution in [0, 0.1) is 12.8 Å². The van der Waals surface area contributed by atoms with Gasteiger partial charge in [-0.3, -0.25) is 0 Å². The Bertz CT molecular complexity index is 576. The molecule has 1 atom stereocenters. The van der Waals surface area contributed by atoms with Gasteiger partial charge in [0.2, 0.25) is 0 Å². The Morgan fingerprint density at radius 1 is 0.952 bits per heavy atom. The highest BCUT2D eigenvalue weighted by atomic mass is 16.3. The number of aromatic nitrogens is 2. The molecule has 3 rings (SSSR count). The lowest BCUT2D eigenvalue weighted by Gasteiger charge is -2.39. The van der Waals surface area contributed by atoms with Crippen molar-refractivity contribution in [3.05, 3.63) is 59.7 Å². The number of hydrogen-bond acceptors (Lipinski definition) is 3. The lowest BCUT2D eigenvalue weighted by molar-refractivity contribution is -0.00131. The van der Waals surface area contributed by atoms with Gasteiger partial charge in [-0.25, -0.2) is 9.97 Å². The number of hydrogen-bond donors (Lipinski definition) is 1. The van der Waals surface area contributed by atoms with Crippen LogP contribution in [0.25, 0.3) is 0 Å². The van der Waals surface area contributed by atoms with Crippen LogP contribution in [0.2, 0.25) is 0 Å². The van der Waals surface area contributed by atoms with Gasteiger partial charge in [0, 0.05) is 18.0 Å². The zero-order chi connectivity index (χ0) is 14.7. The quantitative estimate of drug-likeness (QED) is 0.935. The first kappa shape index (κ1) is 14.2. The van der Waals surface area contributed by atoms with Crippen LogP contribution in [0.15, 0.2) is 43.0 Å². The molecule has 0 spiro atoms. The summed E-state index contributed by atoms with van der Waals surface area (Å²) < 4.78 is 0. The number of nitrogens with zero attached hydrogens (tertiary/aromatic N) is 2. The highest BCUT2D eigenvalue weighted by Gasteiger charge is 2.40. The fourth-order valence-corrected chi connectivity index (χ4v) is 3.46. The van der Waals surface area contributed by atoms with E-state index in [1.807, 2.05) is 12.1 Å². The lowest BCUT2D eigenvalue weighted by Crippen LogP contribution is -2.38. The first-order chi connectivity index (χ1) is 10.2. The molecular formula is C18H22N2O. The molecule has 1 fully saturated rings. The van der Waals surface area contributed by atoms with Crippen molar-refractivity contribution in [2.24, 2.45) is 5.92 Å². The zero-order valence-corrected chi connectivity index (χ0v) is 12.5. The summed E-state index contributed by atoms with van der Waals surface area (Å²) >= 11 is 0. The van der Waals surface area contributed by atoms with E-state index in [1.54, 1.807) is 12.4 Å². The van der Waals surface area contributed by atoms with E-state index in [-0.39, 0.29) is 5.92 Å². The van der Waals surface area contributed by atoms with Gasteiger partial charge in [-0.2, -0.15) is 0 Å². The molecule has 3 nitrogen and oxygen atoms in total. The van der Waals surface area contributed by atoms with Crippen molar-refractivity contribution >= 4 is 0 Å². The minimum atomic E-state index is -0.977. The van der Waals surface area contributed by atoms with Gasteiger partial charge in [-0.1, -0.05) is 49.1 Å². The smallest absolute Gasteiger partial charge is 0.120 e. The van der Waals surface area contributed by atoms with Gasteiger partial charge in [0.1, 0.15) is 11.9 Å². The molecule has 21 heavy (non-hydrogen) atoms. The molecule has 0 aliphatic heterocycles. The lowest BCUT2D eigenvalue weighted by atomic mass is 9.70. The maximum Gasteiger partial charge on any atom is 0.120 e. The Kier molecular flexibility index (Phi) is 4.02. The summed E-state index contributed by atoms with van der Waals surface area (Å²) in [5.41, 5.74) is 1.99. The third-order valence-corrected chi connectivity index (χ3v) is 4.69. The van der Waals surface area contributed by atoms with Crippen molar-refractivity contribution in [2.75, 3.05) is 0 Å². The molecule has 1 heterocycles. The maximum absolute atomic E-state index is 11.6. The van der Waals surface area contributed by atoms with Crippen LogP contribution < -0.4 is 0 Å². The van der Waals surface area contributed by atoms with Crippen molar-refractivity contribution in [1.82, 2.24) is 9.97 Å². The SMILES string of the molecule is Cc1ccc([C@](O)(c2cncnc2)C2CCCCC2)cc1. The monoisotopic (exact) mass is 282 g/mol. The minimum Gasteiger partial charge on any atom is -0.380 e. The summed E-state index contributed by atoms with van der Waals surface area (Å²) in [4.78, 5) is 8.24. The average Bonchev–Trinajstić information content (AvgIpc) is 2.56. The van der Waals surface area contributed by atoms with Crippen LogP contribution in [-0.2, 0) is 5.60 Å². The predicted octanol–water partition coefficient (Wildman–Crippen LogP) is 3.60. The van der Waals surface area contributed by atoms with E-state index < -0.39 is 5.60 Å². The Morgan fingerprint density at radius 2 is 1.57 bits per heavy atom. The van der Waals surface area contributed by atoms with Gasteiger partial charge >= 0.3 is 0 Å². The molecule has 0 radical (unpaired) electrons. The topological polar surface area (TPSA) is 46.0 Å². The predicted molar refractivity (Wildman–Crippen MR) is 82.8 cm³/mol. The maximum atomic E-state index is 11.6. The molecule has 1 saturated carbocycles. The molecule has 0 bridgehead atoms. The first-order valence-electron chi connectivity index (χ1n) is 7.76. The minimum absolute atomic E-state index is 0.236. The number of aliphatic hydroxyl groups is 1. The van der Waals surface area contributed by atoms with Crippen LogP contribution in [0.1, 0.15) is 48.8 Å². The van der Waals surface area contributed by atoms with Crippen molar-refractivity contribution in [3.63, 3.8) is 0 Å². The Morgan fingerprint density at radius 3 is 2.19 bits per heavy atom. The molecule has 1 aliphatic rings. The van der Waals surface area contributed by atoms with Crippen LogP contribution in [0.3, 0.4) is 0 Å². The number of benzene rings is 1. The summed E-state index contributed by atoms with van der Waals surface area (Å²) in [7, 11) is 0. The van der Waals surface area contributed by atoms with Crippen molar-refractivity contribution < 1.29 is 5.11 Å². The molecule has 1 N–H and O–H groups in total. The third kappa shape index (κ3) is 2.70. The molecule has 0 saturated heterocycles. The van der Waals surface area contributed by atoms with Gasteiger partial charge in [0.15, 0.2) is 0 Å². The molecular weight excluding hydrogens is 260 g/mol. The number of rotatable bonds is 3. The Balaban J connectivity index is 2.07. The van der Waals surface area contributed by atoms with E-state index in [0.29, 0.717) is 0 Å². The molecule has 3 heteroatoms. The number of aryl methyl sites for hydroxylation is 1. The van der Waals surface area contributed by atoms with Gasteiger partial charge < -0.3 is 5.11 Å². The van der Waals surface area contributed by atoms with Crippen LogP contribution >= 0.6 is 0 Å². The highest BCUT2D eigenvalue weighted by Crippen LogP contribution is 2.43. The van der Waals surface area contributed by atoms with Gasteiger partial charge in [0.05, 0.1) is 0 Å². The fourth-order valence-electron chi connectivity index (χ4n) is 3.46. The molecule has 1 aromatic heterocycles. The molecule has 0 unspecified atom stereocenters. The van der Waals surface area contributed by atoms with E-state index >= 15 is 0 Å². The standard InChI is InChI=1S/C18H22N2O/c1-14-7-9-16(10-8-14)18(21,15-5-3-2-4-6-15)17-11-19-13-20-12-17/h7-13,15,21H,2-6H2,1H3/t18-/m0/s1. The normalized spacial score (nSPS) is 19.1. The molecule has 2 aromatic rings. The second-order valence-electron chi connectivity index (χ2n) is 6.09. The second-order valence-corrected chi connectivity index (χ2v) is 6.09. The largest absolute Gasteiger partial charge is 0.380 e. The summed E-state index contributed by atoms with van der Waals surface area (Å²) in [5.74, 6) is 0.236. The third-order valence-electron chi connectivity index (χ3n) is 4.69. The Labute approximate surface area is 126 Å². The molecule has 1 aromatic carbocycles. The Hall–Kier alpha value is -1.74. The van der Waals surface area contributed by atoms with E-state index in [0.717, 1.165) is 24.0 Å². The van der Waals surface area contributed by atoms with Crippen molar-refractivity contribution in [1.29, 1.82) is 0 Å². The summed E-state index contributed by atoms with van der Waals surface area (Å²) in [6, 6.07) is 8.20. The van der Waals surface area contributed by atoms with Crippen LogP contribution in [0.4, 0.5) is 0 Å². The summed E-state index contributed by atoms with van der Waals surface area (Å²) in [5, 5.41) is 11.6. The van der Waals surface area contributed by atoms with E-state index in [9.17, 15) is 5.11 Å². The second kappa shape index (κ2) is 5.94. The molecule has 1 aliphatic carbocycles. The fraction of sp³-hybridized carbons (Fsp3) is 0.444. The molecule has 0 amide bonds. The van der Waals surface area contributed by atoms with Crippen LogP contribution in [-0.4, -0.2) is 15.1 Å². The van der Waals surface area contributed by atoms with E-state index in [1.165, 1.54) is 31.2 Å². The van der Waals surface area contributed by atoms with E-state index in [2.05, 4.69) is 29.0 Å². The first-order valence-corrected chi connectivity index (χ1v) is 7.76. The summed E-state index contributed by atoms with van der Waals surface area (Å²) in [6.07, 6.45) is 10.8. The van der Waals surface area contributed by atoms with Crippen molar-refractivity contribution in [3.8, 4) is 0 Å². The van der Waals surface area contributed by atoms with E-state index in [4.69, 9.17) is 0 Å². The molecule has 110 valence electrons.